The van der Waals surface area contributed by atoms with Gasteiger partial charge in [0.1, 0.15) is 11.6 Å². The highest BCUT2D eigenvalue weighted by molar-refractivity contribution is 6.35. The van der Waals surface area contributed by atoms with Crippen LogP contribution in [0.3, 0.4) is 0 Å². The number of hydrogen-bond acceptors (Lipinski definition) is 2. The van der Waals surface area contributed by atoms with E-state index < -0.39 is 0 Å². The topological polar surface area (TPSA) is 73.6 Å². The summed E-state index contributed by atoms with van der Waals surface area (Å²) in [6.07, 6.45) is 4.30. The van der Waals surface area contributed by atoms with Gasteiger partial charge < -0.3 is 14.9 Å². The number of halogens is 2. The Balaban J connectivity index is 1.40. The molecule has 0 aliphatic heterocycles. The van der Waals surface area contributed by atoms with Crippen molar-refractivity contribution in [1.82, 2.24) is 14.9 Å². The molecular formula is C30H24Cl2N4O. The smallest absolute Gasteiger partial charge is 0.261 e. The minimum Gasteiger partial charge on any atom is -0.361 e. The molecule has 5 rings (SSSR count). The van der Waals surface area contributed by atoms with Crippen LogP contribution in [0.15, 0.2) is 78.5 Å². The number of nitrogens with zero attached hydrogens (tertiary/aromatic N) is 2. The highest BCUT2D eigenvalue weighted by Crippen LogP contribution is 2.30. The van der Waals surface area contributed by atoms with Gasteiger partial charge in [0, 0.05) is 62.4 Å². The van der Waals surface area contributed by atoms with Crippen molar-refractivity contribution in [3.63, 3.8) is 0 Å². The number of aromatic amines is 1. The van der Waals surface area contributed by atoms with Crippen molar-refractivity contribution in [1.29, 1.82) is 5.26 Å². The fraction of sp³-hybridized carbons (Fsp3) is 0.133. The van der Waals surface area contributed by atoms with Crippen molar-refractivity contribution in [2.45, 2.75) is 19.9 Å². The zero-order valence-electron chi connectivity index (χ0n) is 20.2. The molecule has 0 aliphatic carbocycles. The van der Waals surface area contributed by atoms with Gasteiger partial charge in [-0.15, -0.1) is 0 Å². The first kappa shape index (κ1) is 24.7. The molecule has 1 amide bonds. The van der Waals surface area contributed by atoms with Crippen LogP contribution in [0.4, 0.5) is 0 Å². The molecule has 0 aliphatic rings. The minimum absolute atomic E-state index is 0.0643. The van der Waals surface area contributed by atoms with E-state index in [2.05, 4.69) is 27.0 Å². The number of nitriles is 1. The van der Waals surface area contributed by atoms with Crippen molar-refractivity contribution in [2.24, 2.45) is 0 Å². The molecule has 2 N–H and O–H groups in total. The number of amides is 1. The molecule has 0 unspecified atom stereocenters. The number of fused-ring (bicyclic) bond motifs is 2. The maximum Gasteiger partial charge on any atom is 0.261 e. The Morgan fingerprint density at radius 1 is 1.05 bits per heavy atom. The van der Waals surface area contributed by atoms with E-state index >= 15 is 0 Å². The largest absolute Gasteiger partial charge is 0.361 e. The van der Waals surface area contributed by atoms with Crippen LogP contribution in [-0.4, -0.2) is 22.0 Å². The monoisotopic (exact) mass is 526 g/mol. The Morgan fingerprint density at radius 3 is 2.59 bits per heavy atom. The molecule has 0 fully saturated rings. The van der Waals surface area contributed by atoms with Crippen LogP contribution in [0, 0.1) is 18.3 Å². The quantitative estimate of drug-likeness (QED) is 0.176. The van der Waals surface area contributed by atoms with E-state index in [1.807, 2.05) is 67.7 Å². The van der Waals surface area contributed by atoms with Crippen LogP contribution in [0.1, 0.15) is 22.4 Å². The van der Waals surface area contributed by atoms with Crippen molar-refractivity contribution < 1.29 is 4.79 Å². The fourth-order valence-corrected chi connectivity index (χ4v) is 5.17. The van der Waals surface area contributed by atoms with Gasteiger partial charge in [0.05, 0.1) is 0 Å². The number of hydrogen-bond donors (Lipinski definition) is 2. The Morgan fingerprint density at radius 2 is 1.81 bits per heavy atom. The lowest BCUT2D eigenvalue weighted by molar-refractivity contribution is -0.117. The summed E-state index contributed by atoms with van der Waals surface area (Å²) in [7, 11) is 0. The zero-order valence-corrected chi connectivity index (χ0v) is 21.7. The average molecular weight is 527 g/mol. The second kappa shape index (κ2) is 10.6. The van der Waals surface area contributed by atoms with Gasteiger partial charge in [0.25, 0.3) is 5.91 Å². The van der Waals surface area contributed by atoms with E-state index in [0.29, 0.717) is 29.6 Å². The maximum atomic E-state index is 12.9. The lowest BCUT2D eigenvalue weighted by atomic mass is 10.1. The average Bonchev–Trinajstić information content (AvgIpc) is 3.43. The molecule has 0 bridgehead atoms. The summed E-state index contributed by atoms with van der Waals surface area (Å²) in [6.45, 7) is 2.95. The van der Waals surface area contributed by atoms with Gasteiger partial charge in [-0.25, -0.2) is 0 Å². The molecule has 2 heterocycles. The van der Waals surface area contributed by atoms with Gasteiger partial charge in [-0.2, -0.15) is 5.26 Å². The Kier molecular flexibility index (Phi) is 7.05. The second-order valence-electron chi connectivity index (χ2n) is 8.87. The number of para-hydroxylation sites is 2. The molecule has 0 atom stereocenters. The molecule has 5 aromatic rings. The van der Waals surface area contributed by atoms with Crippen LogP contribution in [-0.2, 0) is 17.8 Å². The van der Waals surface area contributed by atoms with Gasteiger partial charge >= 0.3 is 0 Å². The third kappa shape index (κ3) is 4.99. The summed E-state index contributed by atoms with van der Waals surface area (Å²) < 4.78 is 2.14. The Labute approximate surface area is 224 Å². The first-order valence-electron chi connectivity index (χ1n) is 11.9. The molecule has 3 aromatic carbocycles. The number of carbonyl (C=O) groups is 1. The number of nitrogens with one attached hydrogen (secondary N) is 2. The lowest BCUT2D eigenvalue weighted by Gasteiger charge is -2.11. The van der Waals surface area contributed by atoms with Gasteiger partial charge in [0.15, 0.2) is 0 Å². The first-order chi connectivity index (χ1) is 18.0. The summed E-state index contributed by atoms with van der Waals surface area (Å²) >= 11 is 12.5. The number of H-pyrrole nitrogens is 1. The third-order valence-electron chi connectivity index (χ3n) is 6.63. The second-order valence-corrected chi connectivity index (χ2v) is 9.72. The summed E-state index contributed by atoms with van der Waals surface area (Å²) in [5, 5.41) is 16.0. The molecule has 7 heteroatoms. The molecule has 5 nitrogen and oxygen atoms in total. The van der Waals surface area contributed by atoms with E-state index in [1.165, 1.54) is 0 Å². The van der Waals surface area contributed by atoms with E-state index in [9.17, 15) is 10.1 Å². The number of aromatic nitrogens is 2. The summed E-state index contributed by atoms with van der Waals surface area (Å²) in [5.41, 5.74) is 5.95. The maximum absolute atomic E-state index is 12.9. The van der Waals surface area contributed by atoms with Crippen LogP contribution in [0.25, 0.3) is 27.9 Å². The van der Waals surface area contributed by atoms with E-state index in [-0.39, 0.29) is 11.5 Å². The molecule has 37 heavy (non-hydrogen) atoms. The molecular weight excluding hydrogens is 503 g/mol. The van der Waals surface area contributed by atoms with E-state index in [4.69, 9.17) is 23.2 Å². The van der Waals surface area contributed by atoms with Crippen LogP contribution in [0.2, 0.25) is 10.0 Å². The van der Waals surface area contributed by atoms with Crippen molar-refractivity contribution in [3.8, 4) is 6.07 Å². The minimum atomic E-state index is -0.390. The molecule has 0 saturated heterocycles. The molecule has 0 radical (unpaired) electrons. The summed E-state index contributed by atoms with van der Waals surface area (Å²) in [5.74, 6) is -0.390. The summed E-state index contributed by atoms with van der Waals surface area (Å²) in [6, 6.07) is 23.5. The van der Waals surface area contributed by atoms with Gasteiger partial charge in [0.2, 0.25) is 0 Å². The Hall–Kier alpha value is -3.98. The van der Waals surface area contributed by atoms with E-state index in [0.717, 1.165) is 44.2 Å². The first-order valence-corrected chi connectivity index (χ1v) is 12.7. The highest BCUT2D eigenvalue weighted by Gasteiger charge is 2.17. The predicted octanol–water partition coefficient (Wildman–Crippen LogP) is 7.05. The van der Waals surface area contributed by atoms with E-state index in [1.54, 1.807) is 12.1 Å². The molecule has 0 spiro atoms. The summed E-state index contributed by atoms with van der Waals surface area (Å²) in [4.78, 5) is 16.2. The zero-order chi connectivity index (χ0) is 25.9. The van der Waals surface area contributed by atoms with Gasteiger partial charge in [-0.3, -0.25) is 4.79 Å². The highest BCUT2D eigenvalue weighted by atomic mass is 35.5. The fourth-order valence-electron chi connectivity index (χ4n) is 4.70. The molecule has 184 valence electrons. The number of rotatable bonds is 7. The lowest BCUT2D eigenvalue weighted by Crippen LogP contribution is -2.26. The number of carbonyl (C=O) groups excluding carboxylic acids is 1. The van der Waals surface area contributed by atoms with Crippen LogP contribution >= 0.6 is 23.2 Å². The molecule has 2 aromatic heterocycles. The van der Waals surface area contributed by atoms with Crippen molar-refractivity contribution >= 4 is 57.0 Å². The SMILES string of the molecule is Cc1c(/C=C(/C#N)C(=O)NCCc2c[nH]c3ccccc23)c2ccccc2n1Cc1ccc(Cl)cc1Cl. The van der Waals surface area contributed by atoms with Crippen LogP contribution in [0.5, 0.6) is 0 Å². The van der Waals surface area contributed by atoms with Gasteiger partial charge in [-0.1, -0.05) is 65.7 Å². The van der Waals surface area contributed by atoms with Crippen LogP contribution < -0.4 is 5.32 Å². The molecule has 0 saturated carbocycles. The van der Waals surface area contributed by atoms with Crippen molar-refractivity contribution in [3.05, 3.63) is 111 Å². The predicted molar refractivity (Wildman–Crippen MR) is 151 cm³/mol. The standard InChI is InChI=1S/C30H24Cl2N4O/c1-19-26(25-7-3-5-9-29(25)36(19)18-21-10-11-23(31)15-27(21)32)14-22(16-33)30(37)34-13-12-20-17-35-28-8-4-2-6-24(20)28/h2-11,14-15,17,35H,12-13,18H2,1H3,(H,34,37)/b22-14-. The van der Waals surface area contributed by atoms with Gasteiger partial charge in [-0.05, 0) is 54.8 Å². The Bertz CT molecular complexity index is 1700. The normalized spacial score (nSPS) is 11.7. The van der Waals surface area contributed by atoms with Crippen molar-refractivity contribution in [2.75, 3.05) is 6.54 Å². The third-order valence-corrected chi connectivity index (χ3v) is 7.22. The number of benzene rings is 3.